The zero-order valence-electron chi connectivity index (χ0n) is 11.8. The molecule has 0 amide bonds. The van der Waals surface area contributed by atoms with Crippen LogP contribution in [0, 0.1) is 34.3 Å². The molecule has 1 heterocycles. The van der Waals surface area contributed by atoms with E-state index >= 15 is 0 Å². The lowest BCUT2D eigenvalue weighted by atomic mass is 10.0. The van der Waals surface area contributed by atoms with Crippen molar-refractivity contribution in [2.24, 2.45) is 5.92 Å². The van der Waals surface area contributed by atoms with Gasteiger partial charge in [0, 0.05) is 30.6 Å². The molecule has 0 aromatic heterocycles. The van der Waals surface area contributed by atoms with Crippen LogP contribution in [0.25, 0.3) is 0 Å². The molecule has 1 fully saturated rings. The number of hydrogen-bond acceptors (Lipinski definition) is 5. The molecule has 7 nitrogen and oxygen atoms in total. The van der Waals surface area contributed by atoms with Crippen molar-refractivity contribution in [3.8, 4) is 6.07 Å². The molecular formula is C13H14ClN3O4S. The average Bonchev–Trinajstić information content (AvgIpc) is 2.49. The summed E-state index contributed by atoms with van der Waals surface area (Å²) in [6.45, 7) is 1.91. The van der Waals surface area contributed by atoms with Gasteiger partial charge in [0.05, 0.1) is 20.9 Å². The number of nitro groups is 1. The van der Waals surface area contributed by atoms with Gasteiger partial charge >= 0.3 is 0 Å². The van der Waals surface area contributed by atoms with Gasteiger partial charge in [-0.15, -0.1) is 0 Å². The van der Waals surface area contributed by atoms with E-state index in [4.69, 9.17) is 16.9 Å². The van der Waals surface area contributed by atoms with Crippen LogP contribution < -0.4 is 0 Å². The molecule has 0 radical (unpaired) electrons. The molecule has 0 unspecified atom stereocenters. The highest BCUT2D eigenvalue weighted by Crippen LogP contribution is 2.32. The van der Waals surface area contributed by atoms with Crippen LogP contribution in [0.4, 0.5) is 5.69 Å². The van der Waals surface area contributed by atoms with Gasteiger partial charge in [0.25, 0.3) is 5.69 Å². The minimum absolute atomic E-state index is 0.0414. The molecule has 0 bridgehead atoms. The third kappa shape index (κ3) is 3.06. The summed E-state index contributed by atoms with van der Waals surface area (Å²) in [6.07, 6.45) is 0.912. The zero-order chi connectivity index (χ0) is 16.5. The second kappa shape index (κ2) is 6.20. The first-order chi connectivity index (χ1) is 10.3. The Kier molecular flexibility index (Phi) is 4.70. The quantitative estimate of drug-likeness (QED) is 0.619. The van der Waals surface area contributed by atoms with Crippen LogP contribution in [0.15, 0.2) is 17.0 Å². The Bertz CT molecular complexity index is 749. The molecule has 1 aliphatic rings. The van der Waals surface area contributed by atoms with Gasteiger partial charge in [-0.2, -0.15) is 9.57 Å². The van der Waals surface area contributed by atoms with E-state index in [1.54, 1.807) is 0 Å². The average molecular weight is 344 g/mol. The molecule has 22 heavy (non-hydrogen) atoms. The summed E-state index contributed by atoms with van der Waals surface area (Å²) in [5.74, 6) is -0.151. The minimum atomic E-state index is -3.85. The van der Waals surface area contributed by atoms with E-state index in [0.29, 0.717) is 12.8 Å². The SMILES string of the molecule is Cc1c(Cl)cc(S(=O)(=O)N2CCC(C#N)CC2)cc1[N+](=O)[O-]. The van der Waals surface area contributed by atoms with Crippen molar-refractivity contribution in [3.63, 3.8) is 0 Å². The topological polar surface area (TPSA) is 104 Å². The van der Waals surface area contributed by atoms with Crippen molar-refractivity contribution >= 4 is 27.3 Å². The molecule has 0 saturated carbocycles. The maximum absolute atomic E-state index is 12.6. The summed E-state index contributed by atoms with van der Waals surface area (Å²) in [5.41, 5.74) is -0.0909. The summed E-state index contributed by atoms with van der Waals surface area (Å²) >= 11 is 5.92. The smallest absolute Gasteiger partial charge is 0.258 e. The summed E-state index contributed by atoms with van der Waals surface area (Å²) in [6, 6.07) is 4.39. The number of rotatable bonds is 3. The number of nitriles is 1. The molecule has 1 aliphatic heterocycles. The van der Waals surface area contributed by atoms with Crippen LogP contribution in [0.5, 0.6) is 0 Å². The van der Waals surface area contributed by atoms with E-state index in [2.05, 4.69) is 6.07 Å². The van der Waals surface area contributed by atoms with Crippen LogP contribution in [-0.2, 0) is 10.0 Å². The lowest BCUT2D eigenvalue weighted by molar-refractivity contribution is -0.385. The van der Waals surface area contributed by atoms with Crippen LogP contribution >= 0.6 is 11.6 Å². The van der Waals surface area contributed by atoms with Gasteiger partial charge in [-0.05, 0) is 25.8 Å². The maximum Gasteiger partial charge on any atom is 0.275 e. The summed E-state index contributed by atoms with van der Waals surface area (Å²) in [5, 5.41) is 19.9. The molecule has 1 aromatic carbocycles. The monoisotopic (exact) mass is 343 g/mol. The number of sulfonamides is 1. The van der Waals surface area contributed by atoms with Gasteiger partial charge in [0.15, 0.2) is 0 Å². The zero-order valence-corrected chi connectivity index (χ0v) is 13.4. The fraction of sp³-hybridized carbons (Fsp3) is 0.462. The fourth-order valence-electron chi connectivity index (χ4n) is 2.35. The van der Waals surface area contributed by atoms with Gasteiger partial charge in [-0.3, -0.25) is 10.1 Å². The molecule has 1 aromatic rings. The largest absolute Gasteiger partial charge is 0.275 e. The number of nitro benzene ring substituents is 1. The van der Waals surface area contributed by atoms with Gasteiger partial charge in [0.1, 0.15) is 0 Å². The van der Waals surface area contributed by atoms with Gasteiger partial charge in [0.2, 0.25) is 10.0 Å². The second-order valence-electron chi connectivity index (χ2n) is 5.11. The Labute approximate surface area is 133 Å². The van der Waals surface area contributed by atoms with Crippen LogP contribution in [-0.4, -0.2) is 30.7 Å². The summed E-state index contributed by atoms with van der Waals surface area (Å²) < 4.78 is 26.4. The van der Waals surface area contributed by atoms with E-state index in [1.165, 1.54) is 17.3 Å². The van der Waals surface area contributed by atoms with E-state index in [1.807, 2.05) is 0 Å². The van der Waals surface area contributed by atoms with Crippen molar-refractivity contribution in [2.75, 3.05) is 13.1 Å². The normalized spacial score (nSPS) is 17.1. The first kappa shape index (κ1) is 16.7. The predicted octanol–water partition coefficient (Wildman–Crippen LogP) is 2.48. The number of piperidine rings is 1. The Morgan fingerprint density at radius 1 is 1.41 bits per heavy atom. The van der Waals surface area contributed by atoms with Crippen LogP contribution in [0.3, 0.4) is 0 Å². The number of benzene rings is 1. The molecule has 2 rings (SSSR count). The van der Waals surface area contributed by atoms with Crippen molar-refractivity contribution < 1.29 is 13.3 Å². The molecule has 118 valence electrons. The number of hydrogen-bond donors (Lipinski definition) is 0. The molecule has 9 heteroatoms. The highest BCUT2D eigenvalue weighted by Gasteiger charge is 2.31. The molecule has 0 atom stereocenters. The molecule has 0 spiro atoms. The van der Waals surface area contributed by atoms with Crippen molar-refractivity contribution in [1.82, 2.24) is 4.31 Å². The van der Waals surface area contributed by atoms with E-state index < -0.39 is 14.9 Å². The lowest BCUT2D eigenvalue weighted by Crippen LogP contribution is -2.38. The highest BCUT2D eigenvalue weighted by atomic mass is 35.5. The van der Waals surface area contributed by atoms with E-state index in [-0.39, 0.29) is 40.2 Å². The molecule has 0 aliphatic carbocycles. The highest BCUT2D eigenvalue weighted by molar-refractivity contribution is 7.89. The van der Waals surface area contributed by atoms with Crippen molar-refractivity contribution in [1.29, 1.82) is 5.26 Å². The van der Waals surface area contributed by atoms with Crippen LogP contribution in [0.2, 0.25) is 5.02 Å². The summed E-state index contributed by atoms with van der Waals surface area (Å²) in [7, 11) is -3.85. The fourth-order valence-corrected chi connectivity index (χ4v) is 4.15. The third-order valence-corrected chi connectivity index (χ3v) is 6.03. The van der Waals surface area contributed by atoms with E-state index in [9.17, 15) is 18.5 Å². The number of halogens is 1. The third-order valence-electron chi connectivity index (χ3n) is 3.76. The maximum atomic E-state index is 12.6. The minimum Gasteiger partial charge on any atom is -0.258 e. The first-order valence-electron chi connectivity index (χ1n) is 6.61. The number of nitrogens with zero attached hydrogens (tertiary/aromatic N) is 3. The van der Waals surface area contributed by atoms with Crippen LogP contribution in [0.1, 0.15) is 18.4 Å². The Hall–Kier alpha value is -1.69. The molecule has 0 N–H and O–H groups in total. The molecular weight excluding hydrogens is 330 g/mol. The lowest BCUT2D eigenvalue weighted by Gasteiger charge is -2.28. The van der Waals surface area contributed by atoms with Crippen molar-refractivity contribution in [2.45, 2.75) is 24.7 Å². The second-order valence-corrected chi connectivity index (χ2v) is 7.46. The van der Waals surface area contributed by atoms with E-state index in [0.717, 1.165) is 6.07 Å². The van der Waals surface area contributed by atoms with Gasteiger partial charge in [-0.25, -0.2) is 8.42 Å². The van der Waals surface area contributed by atoms with Gasteiger partial charge < -0.3 is 0 Å². The van der Waals surface area contributed by atoms with Gasteiger partial charge in [-0.1, -0.05) is 11.6 Å². The first-order valence-corrected chi connectivity index (χ1v) is 8.43. The Morgan fingerprint density at radius 3 is 2.50 bits per heavy atom. The van der Waals surface area contributed by atoms with Crippen molar-refractivity contribution in [3.05, 3.63) is 32.8 Å². The predicted molar refractivity (Wildman–Crippen MR) is 79.9 cm³/mol. The Morgan fingerprint density at radius 2 is 2.00 bits per heavy atom. The standard InChI is InChI=1S/C13H14ClN3O4S/c1-9-12(14)6-11(7-13(9)17(18)19)22(20,21)16-4-2-10(8-15)3-5-16/h6-7,10H,2-5H2,1H3. The molecule has 1 saturated heterocycles. The summed E-state index contributed by atoms with van der Waals surface area (Å²) in [4.78, 5) is 10.2. The Balaban J connectivity index is 2.39.